The van der Waals surface area contributed by atoms with Crippen molar-refractivity contribution in [2.75, 3.05) is 27.3 Å². The van der Waals surface area contributed by atoms with Crippen LogP contribution >= 0.6 is 0 Å². The maximum atomic E-state index is 13.0. The summed E-state index contributed by atoms with van der Waals surface area (Å²) in [5, 5.41) is 5.37. The molecule has 170 valence electrons. The zero-order valence-electron chi connectivity index (χ0n) is 18.2. The number of ether oxygens (including phenoxy) is 2. The van der Waals surface area contributed by atoms with Gasteiger partial charge in [0.15, 0.2) is 11.5 Å². The fourth-order valence-corrected chi connectivity index (χ4v) is 3.61. The average Bonchev–Trinajstić information content (AvgIpc) is 2.97. The van der Waals surface area contributed by atoms with Crippen LogP contribution in [0.15, 0.2) is 42.5 Å². The standard InChI is InChI=1S/C23H26FN3O5/c1-23(13-16-6-9-18(31-2)19(12-16)32-3)21(29)27(22(30)26-23)14-20(28)25-11-10-15-4-7-17(24)8-5-15/h4-9,12H,10-11,13-14H2,1-3H3,(H,25,28)(H,26,30). The maximum Gasteiger partial charge on any atom is 0.325 e. The fourth-order valence-electron chi connectivity index (χ4n) is 3.61. The van der Waals surface area contributed by atoms with E-state index in [1.165, 1.54) is 26.4 Å². The molecule has 0 aromatic heterocycles. The Bertz CT molecular complexity index is 1010. The Balaban J connectivity index is 1.58. The molecule has 0 bridgehead atoms. The quantitative estimate of drug-likeness (QED) is 0.579. The third kappa shape index (κ3) is 5.16. The molecule has 1 aliphatic rings. The second-order valence-corrected chi connectivity index (χ2v) is 7.75. The first-order valence-corrected chi connectivity index (χ1v) is 10.1. The van der Waals surface area contributed by atoms with Crippen LogP contribution in [0.25, 0.3) is 0 Å². The molecule has 2 N–H and O–H groups in total. The van der Waals surface area contributed by atoms with Gasteiger partial charge in [0.05, 0.1) is 14.2 Å². The smallest absolute Gasteiger partial charge is 0.325 e. The van der Waals surface area contributed by atoms with Gasteiger partial charge in [0, 0.05) is 13.0 Å². The Hall–Kier alpha value is -3.62. The summed E-state index contributed by atoms with van der Waals surface area (Å²) in [4.78, 5) is 38.6. The normalized spacial score (nSPS) is 17.8. The summed E-state index contributed by atoms with van der Waals surface area (Å²) in [5.74, 6) is -0.186. The first kappa shape index (κ1) is 23.1. The Morgan fingerprint density at radius 3 is 2.38 bits per heavy atom. The highest BCUT2D eigenvalue weighted by molar-refractivity contribution is 6.08. The summed E-state index contributed by atoms with van der Waals surface area (Å²) in [6.07, 6.45) is 0.726. The van der Waals surface area contributed by atoms with Gasteiger partial charge in [-0.05, 0) is 48.7 Å². The number of benzene rings is 2. The second kappa shape index (κ2) is 9.67. The number of amides is 4. The van der Waals surface area contributed by atoms with Crippen LogP contribution in [0, 0.1) is 5.82 Å². The lowest BCUT2D eigenvalue weighted by atomic mass is 9.92. The predicted octanol–water partition coefficient (Wildman–Crippen LogP) is 2.05. The first-order valence-electron chi connectivity index (χ1n) is 10.1. The van der Waals surface area contributed by atoms with Crippen LogP contribution in [0.1, 0.15) is 18.1 Å². The monoisotopic (exact) mass is 443 g/mol. The number of nitrogens with one attached hydrogen (secondary N) is 2. The minimum absolute atomic E-state index is 0.223. The summed E-state index contributed by atoms with van der Waals surface area (Å²) in [7, 11) is 3.05. The fraction of sp³-hybridized carbons (Fsp3) is 0.348. The summed E-state index contributed by atoms with van der Waals surface area (Å²) in [5.41, 5.74) is 0.444. The van der Waals surface area contributed by atoms with Gasteiger partial charge in [0.1, 0.15) is 17.9 Å². The van der Waals surface area contributed by atoms with Gasteiger partial charge < -0.3 is 20.1 Å². The van der Waals surface area contributed by atoms with E-state index in [2.05, 4.69) is 10.6 Å². The molecule has 32 heavy (non-hydrogen) atoms. The van der Waals surface area contributed by atoms with Crippen molar-refractivity contribution in [3.05, 3.63) is 59.4 Å². The molecule has 9 heteroatoms. The van der Waals surface area contributed by atoms with Crippen molar-refractivity contribution in [3.63, 3.8) is 0 Å². The van der Waals surface area contributed by atoms with E-state index in [-0.39, 0.29) is 18.8 Å². The lowest BCUT2D eigenvalue weighted by Gasteiger charge is -2.22. The minimum Gasteiger partial charge on any atom is -0.493 e. The molecule has 0 aliphatic carbocycles. The molecule has 4 amide bonds. The average molecular weight is 443 g/mol. The van der Waals surface area contributed by atoms with Gasteiger partial charge in [-0.25, -0.2) is 9.18 Å². The lowest BCUT2D eigenvalue weighted by molar-refractivity contribution is -0.134. The molecule has 1 atom stereocenters. The summed E-state index contributed by atoms with van der Waals surface area (Å²) in [6, 6.07) is 10.6. The summed E-state index contributed by atoms with van der Waals surface area (Å²) < 4.78 is 23.5. The molecule has 2 aromatic carbocycles. The van der Waals surface area contributed by atoms with E-state index in [4.69, 9.17) is 9.47 Å². The van der Waals surface area contributed by atoms with Crippen LogP contribution in [0.5, 0.6) is 11.5 Å². The first-order chi connectivity index (χ1) is 15.3. The van der Waals surface area contributed by atoms with Crippen molar-refractivity contribution in [1.82, 2.24) is 15.5 Å². The van der Waals surface area contributed by atoms with Gasteiger partial charge >= 0.3 is 6.03 Å². The maximum absolute atomic E-state index is 13.0. The molecule has 2 aromatic rings. The number of carbonyl (C=O) groups is 3. The van der Waals surface area contributed by atoms with Crippen LogP contribution in [0.2, 0.25) is 0 Å². The number of hydrogen-bond donors (Lipinski definition) is 2. The molecule has 1 fully saturated rings. The topological polar surface area (TPSA) is 97.0 Å². The van der Waals surface area contributed by atoms with E-state index in [9.17, 15) is 18.8 Å². The van der Waals surface area contributed by atoms with Gasteiger partial charge in [-0.2, -0.15) is 0 Å². The number of halogens is 1. The highest BCUT2D eigenvalue weighted by atomic mass is 19.1. The summed E-state index contributed by atoms with van der Waals surface area (Å²) >= 11 is 0. The molecular formula is C23H26FN3O5. The van der Waals surface area contributed by atoms with Crippen molar-refractivity contribution in [3.8, 4) is 11.5 Å². The third-order valence-corrected chi connectivity index (χ3v) is 5.30. The minimum atomic E-state index is -1.19. The molecule has 8 nitrogen and oxygen atoms in total. The van der Waals surface area contributed by atoms with E-state index in [0.717, 1.165) is 16.0 Å². The van der Waals surface area contributed by atoms with Crippen LogP contribution < -0.4 is 20.1 Å². The molecule has 0 radical (unpaired) electrons. The SMILES string of the molecule is COc1ccc(CC2(C)NC(=O)N(CC(=O)NCCc3ccc(F)cc3)C2=O)cc1OC. The Labute approximate surface area is 185 Å². The van der Waals surface area contributed by atoms with Crippen molar-refractivity contribution in [1.29, 1.82) is 0 Å². The molecule has 3 rings (SSSR count). The van der Waals surface area contributed by atoms with Gasteiger partial charge in [-0.3, -0.25) is 14.5 Å². The van der Waals surface area contributed by atoms with E-state index in [1.807, 2.05) is 0 Å². The van der Waals surface area contributed by atoms with Crippen LogP contribution in [0.3, 0.4) is 0 Å². The molecule has 1 heterocycles. The van der Waals surface area contributed by atoms with E-state index in [0.29, 0.717) is 24.5 Å². The highest BCUT2D eigenvalue weighted by Crippen LogP contribution is 2.30. The molecule has 0 saturated carbocycles. The van der Waals surface area contributed by atoms with Crippen LogP contribution in [-0.2, 0) is 22.4 Å². The molecule has 0 spiro atoms. The van der Waals surface area contributed by atoms with Gasteiger partial charge in [-0.1, -0.05) is 18.2 Å². The zero-order chi connectivity index (χ0) is 23.3. The number of methoxy groups -OCH3 is 2. The number of rotatable bonds is 9. The number of carbonyl (C=O) groups excluding carboxylic acids is 3. The molecular weight excluding hydrogens is 417 g/mol. The van der Waals surface area contributed by atoms with Gasteiger partial charge in [0.25, 0.3) is 5.91 Å². The van der Waals surface area contributed by atoms with Crippen molar-refractivity contribution < 1.29 is 28.2 Å². The highest BCUT2D eigenvalue weighted by Gasteiger charge is 2.48. The predicted molar refractivity (Wildman–Crippen MR) is 115 cm³/mol. The molecule has 1 aliphatic heterocycles. The van der Waals surface area contributed by atoms with Crippen molar-refractivity contribution in [2.45, 2.75) is 25.3 Å². The largest absolute Gasteiger partial charge is 0.493 e. The Kier molecular flexibility index (Phi) is 6.97. The Morgan fingerprint density at radius 1 is 1.06 bits per heavy atom. The zero-order valence-corrected chi connectivity index (χ0v) is 18.2. The van der Waals surface area contributed by atoms with E-state index in [1.54, 1.807) is 37.3 Å². The Morgan fingerprint density at radius 2 is 1.72 bits per heavy atom. The van der Waals surface area contributed by atoms with E-state index < -0.39 is 23.4 Å². The van der Waals surface area contributed by atoms with Crippen LogP contribution in [0.4, 0.5) is 9.18 Å². The molecule has 1 saturated heterocycles. The number of nitrogens with zero attached hydrogens (tertiary/aromatic N) is 1. The van der Waals surface area contributed by atoms with Gasteiger partial charge in [-0.15, -0.1) is 0 Å². The van der Waals surface area contributed by atoms with Crippen molar-refractivity contribution in [2.24, 2.45) is 0 Å². The number of imide groups is 1. The summed E-state index contributed by atoms with van der Waals surface area (Å²) in [6.45, 7) is 1.54. The molecule has 1 unspecified atom stereocenters. The van der Waals surface area contributed by atoms with Crippen molar-refractivity contribution >= 4 is 17.8 Å². The third-order valence-electron chi connectivity index (χ3n) is 5.30. The van der Waals surface area contributed by atoms with Crippen LogP contribution in [-0.4, -0.2) is 55.6 Å². The number of urea groups is 1. The number of hydrogen-bond acceptors (Lipinski definition) is 5. The van der Waals surface area contributed by atoms with Gasteiger partial charge in [0.2, 0.25) is 5.91 Å². The lowest BCUT2D eigenvalue weighted by Crippen LogP contribution is -2.47. The second-order valence-electron chi connectivity index (χ2n) is 7.75. The van der Waals surface area contributed by atoms with E-state index >= 15 is 0 Å².